The van der Waals surface area contributed by atoms with E-state index in [4.69, 9.17) is 15.0 Å². The lowest BCUT2D eigenvalue weighted by Crippen LogP contribution is -2.00. The minimum atomic E-state index is 0.616. The standard InChI is InChI=1S/C85H55N3/c1-3-25-60(26-4-1)83-86-84(61-27-5-2-6-28-61)88-85(87-83)65-36-16-34-63(46-65)62-33-15-35-64(45-62)66-47-67(69-50-71(79-41-17-29-56-21-7-11-37-75(56)79)54-72(51-69)80-42-18-30-57-22-8-12-38-76(57)80)49-68(48-66)70-52-73(81-43-19-31-58-23-9-13-39-77(58)81)55-74(53-70)82-44-20-32-59-24-10-14-40-78(59)82/h1-55H. The van der Waals surface area contributed by atoms with Crippen LogP contribution in [0.2, 0.25) is 0 Å². The molecule has 0 saturated heterocycles. The Kier molecular flexibility index (Phi) is 13.2. The molecular formula is C85H55N3. The second kappa shape index (κ2) is 22.4. The van der Waals surface area contributed by atoms with Crippen molar-refractivity contribution in [2.24, 2.45) is 0 Å². The van der Waals surface area contributed by atoms with Gasteiger partial charge in [0.2, 0.25) is 0 Å². The largest absolute Gasteiger partial charge is 0.208 e. The maximum atomic E-state index is 5.12. The first kappa shape index (κ1) is 51.9. The van der Waals surface area contributed by atoms with E-state index >= 15 is 0 Å². The highest BCUT2D eigenvalue weighted by atomic mass is 15.0. The summed E-state index contributed by atoms with van der Waals surface area (Å²) in [6, 6.07) is 121. The van der Waals surface area contributed by atoms with E-state index in [9.17, 15) is 0 Å². The highest BCUT2D eigenvalue weighted by Crippen LogP contribution is 2.44. The Morgan fingerprint density at radius 1 is 0.136 bits per heavy atom. The molecule has 88 heavy (non-hydrogen) atoms. The maximum absolute atomic E-state index is 5.12. The third-order valence-electron chi connectivity index (χ3n) is 17.2. The van der Waals surface area contributed by atoms with Crippen molar-refractivity contribution in [3.8, 4) is 123 Å². The fourth-order valence-electron chi connectivity index (χ4n) is 12.9. The van der Waals surface area contributed by atoms with Crippen LogP contribution in [0.1, 0.15) is 0 Å². The van der Waals surface area contributed by atoms with Crippen molar-refractivity contribution in [3.05, 3.63) is 334 Å². The molecule has 0 fully saturated rings. The molecule has 0 amide bonds. The van der Waals surface area contributed by atoms with Crippen molar-refractivity contribution in [1.29, 1.82) is 0 Å². The van der Waals surface area contributed by atoms with Gasteiger partial charge in [0.1, 0.15) is 0 Å². The van der Waals surface area contributed by atoms with Crippen molar-refractivity contribution in [2.45, 2.75) is 0 Å². The Labute approximate surface area is 511 Å². The fourth-order valence-corrected chi connectivity index (χ4v) is 12.9. The molecule has 0 N–H and O–H groups in total. The summed E-state index contributed by atoms with van der Waals surface area (Å²) in [7, 11) is 0. The van der Waals surface area contributed by atoms with Gasteiger partial charge < -0.3 is 0 Å². The minimum absolute atomic E-state index is 0.616. The second-order valence-corrected chi connectivity index (χ2v) is 22.7. The predicted molar refractivity (Wildman–Crippen MR) is 370 cm³/mol. The van der Waals surface area contributed by atoms with E-state index in [-0.39, 0.29) is 0 Å². The van der Waals surface area contributed by atoms with Crippen LogP contribution >= 0.6 is 0 Å². The Morgan fingerprint density at radius 2 is 0.341 bits per heavy atom. The average Bonchev–Trinajstić information content (AvgIpc) is 3.77. The summed E-state index contributed by atoms with van der Waals surface area (Å²) < 4.78 is 0. The first-order valence-electron chi connectivity index (χ1n) is 30.0. The molecule has 0 aliphatic carbocycles. The smallest absolute Gasteiger partial charge is 0.164 e. The van der Waals surface area contributed by atoms with Crippen LogP contribution in [-0.2, 0) is 0 Å². The first-order valence-corrected chi connectivity index (χ1v) is 30.0. The van der Waals surface area contributed by atoms with Crippen molar-refractivity contribution in [3.63, 3.8) is 0 Å². The van der Waals surface area contributed by atoms with E-state index in [1.54, 1.807) is 0 Å². The number of hydrogen-bond acceptors (Lipinski definition) is 3. The Hall–Kier alpha value is -11.7. The van der Waals surface area contributed by atoms with Gasteiger partial charge in [0.05, 0.1) is 0 Å². The fraction of sp³-hybridized carbons (Fsp3) is 0. The third kappa shape index (κ3) is 9.97. The van der Waals surface area contributed by atoms with E-state index in [0.29, 0.717) is 17.5 Å². The van der Waals surface area contributed by atoms with Gasteiger partial charge in [0, 0.05) is 16.7 Å². The molecule has 410 valence electrons. The Morgan fingerprint density at radius 3 is 0.693 bits per heavy atom. The van der Waals surface area contributed by atoms with Crippen LogP contribution in [0.5, 0.6) is 0 Å². The molecule has 0 radical (unpaired) electrons. The predicted octanol–water partition coefficient (Wildman–Crippen LogP) is 22.8. The molecule has 16 rings (SSSR count). The molecule has 0 saturated carbocycles. The molecule has 0 spiro atoms. The lowest BCUT2D eigenvalue weighted by atomic mass is 9.86. The zero-order chi connectivity index (χ0) is 58.3. The first-order chi connectivity index (χ1) is 43.6. The molecule has 3 nitrogen and oxygen atoms in total. The van der Waals surface area contributed by atoms with Crippen LogP contribution in [0, 0.1) is 0 Å². The topological polar surface area (TPSA) is 38.7 Å². The van der Waals surface area contributed by atoms with Crippen LogP contribution in [0.4, 0.5) is 0 Å². The molecule has 0 aliphatic heterocycles. The summed E-state index contributed by atoms with van der Waals surface area (Å²) in [5.41, 5.74) is 21.0. The van der Waals surface area contributed by atoms with Crippen LogP contribution in [-0.4, -0.2) is 15.0 Å². The van der Waals surface area contributed by atoms with Gasteiger partial charge in [-0.05, 0) is 199 Å². The summed E-state index contributed by atoms with van der Waals surface area (Å²) in [6.45, 7) is 0. The monoisotopic (exact) mass is 1120 g/mol. The Balaban J connectivity index is 0.912. The zero-order valence-corrected chi connectivity index (χ0v) is 48.1. The van der Waals surface area contributed by atoms with Gasteiger partial charge in [-0.15, -0.1) is 0 Å². The van der Waals surface area contributed by atoms with Gasteiger partial charge in [0.25, 0.3) is 0 Å². The van der Waals surface area contributed by atoms with Crippen molar-refractivity contribution < 1.29 is 0 Å². The molecule has 1 aromatic heterocycles. The summed E-state index contributed by atoms with van der Waals surface area (Å²) in [4.78, 5) is 15.2. The molecule has 0 bridgehead atoms. The number of fused-ring (bicyclic) bond motifs is 4. The van der Waals surface area contributed by atoms with E-state index < -0.39 is 0 Å². The summed E-state index contributed by atoms with van der Waals surface area (Å²) >= 11 is 0. The van der Waals surface area contributed by atoms with E-state index in [1.165, 1.54) is 65.3 Å². The van der Waals surface area contributed by atoms with Crippen molar-refractivity contribution >= 4 is 43.1 Å². The normalized spacial score (nSPS) is 11.4. The van der Waals surface area contributed by atoms with E-state index in [1.807, 2.05) is 60.7 Å². The summed E-state index contributed by atoms with van der Waals surface area (Å²) in [6.07, 6.45) is 0. The van der Waals surface area contributed by atoms with Gasteiger partial charge in [-0.25, -0.2) is 15.0 Å². The molecular weight excluding hydrogens is 1060 g/mol. The lowest BCUT2D eigenvalue weighted by molar-refractivity contribution is 1.07. The third-order valence-corrected chi connectivity index (χ3v) is 17.2. The highest BCUT2D eigenvalue weighted by molar-refractivity contribution is 6.04. The molecule has 0 atom stereocenters. The van der Waals surface area contributed by atoms with Gasteiger partial charge in [-0.3, -0.25) is 0 Å². The molecule has 3 heteroatoms. The van der Waals surface area contributed by atoms with E-state index in [0.717, 1.165) is 83.5 Å². The molecule has 16 aromatic rings. The number of nitrogens with zero attached hydrogens (tertiary/aromatic N) is 3. The maximum Gasteiger partial charge on any atom is 0.164 e. The molecule has 0 unspecified atom stereocenters. The zero-order valence-electron chi connectivity index (χ0n) is 48.1. The van der Waals surface area contributed by atoms with Crippen molar-refractivity contribution in [1.82, 2.24) is 15.0 Å². The molecule has 15 aromatic carbocycles. The second-order valence-electron chi connectivity index (χ2n) is 22.7. The van der Waals surface area contributed by atoms with Gasteiger partial charge in [-0.1, -0.05) is 267 Å². The van der Waals surface area contributed by atoms with Gasteiger partial charge >= 0.3 is 0 Å². The number of hydrogen-bond donors (Lipinski definition) is 0. The number of benzene rings is 15. The SMILES string of the molecule is c1ccc(-c2nc(-c3ccccc3)nc(-c3cccc(-c4cccc(-c5cc(-c6cc(-c7cccc8ccccc78)cc(-c7cccc8ccccc78)c6)cc(-c6cc(-c7cccc8ccccc78)cc(-c7cccc8ccccc78)c6)c5)c4)c3)n2)cc1. The van der Waals surface area contributed by atoms with Crippen molar-refractivity contribution in [2.75, 3.05) is 0 Å². The minimum Gasteiger partial charge on any atom is -0.208 e. The Bertz CT molecular complexity index is 4840. The van der Waals surface area contributed by atoms with Crippen LogP contribution < -0.4 is 0 Å². The lowest BCUT2D eigenvalue weighted by Gasteiger charge is -2.18. The molecule has 1 heterocycles. The summed E-state index contributed by atoms with van der Waals surface area (Å²) in [5.74, 6) is 1.88. The van der Waals surface area contributed by atoms with Crippen LogP contribution in [0.3, 0.4) is 0 Å². The molecule has 0 aliphatic rings. The van der Waals surface area contributed by atoms with Crippen LogP contribution in [0.25, 0.3) is 166 Å². The van der Waals surface area contributed by atoms with Gasteiger partial charge in [0.15, 0.2) is 17.5 Å². The van der Waals surface area contributed by atoms with Gasteiger partial charge in [-0.2, -0.15) is 0 Å². The number of aromatic nitrogens is 3. The summed E-state index contributed by atoms with van der Waals surface area (Å²) in [5, 5.41) is 9.72. The van der Waals surface area contributed by atoms with E-state index in [2.05, 4.69) is 273 Å². The van der Waals surface area contributed by atoms with Crippen LogP contribution in [0.15, 0.2) is 334 Å². The average molecular weight is 1120 g/mol. The highest BCUT2D eigenvalue weighted by Gasteiger charge is 2.19. The number of rotatable bonds is 11. The quantitative estimate of drug-likeness (QED) is 0.130.